The molecule has 1 aromatic rings. The average Bonchev–Trinajstić information content (AvgIpc) is 2.24. The van der Waals surface area contributed by atoms with Gasteiger partial charge in [-0.1, -0.05) is 11.6 Å². The molecule has 0 radical (unpaired) electrons. The highest BCUT2D eigenvalue weighted by Gasteiger charge is 2.38. The molecule has 5 heteroatoms. The van der Waals surface area contributed by atoms with Crippen molar-refractivity contribution < 1.29 is 9.13 Å². The van der Waals surface area contributed by atoms with Crippen molar-refractivity contribution in [2.45, 2.75) is 6.92 Å². The van der Waals surface area contributed by atoms with E-state index in [0.717, 1.165) is 0 Å². The Hall–Kier alpha value is -1.31. The van der Waals surface area contributed by atoms with Crippen LogP contribution in [0.3, 0.4) is 0 Å². The zero-order valence-corrected chi connectivity index (χ0v) is 10.1. The van der Waals surface area contributed by atoms with Gasteiger partial charge in [0.2, 0.25) is 0 Å². The summed E-state index contributed by atoms with van der Waals surface area (Å²) in [7, 11) is 0. The normalized spacial score (nSPS) is 17.1. The predicted octanol–water partition coefficient (Wildman–Crippen LogP) is 2.74. The molecule has 1 fully saturated rings. The number of hydrogen-bond acceptors (Lipinski definition) is 3. The minimum Gasteiger partial charge on any atom is -0.382 e. The van der Waals surface area contributed by atoms with Gasteiger partial charge in [0, 0.05) is 6.54 Å². The van der Waals surface area contributed by atoms with E-state index >= 15 is 0 Å². The molecule has 3 nitrogen and oxygen atoms in total. The largest absolute Gasteiger partial charge is 0.382 e. The number of ether oxygens (including phenoxy) is 1. The van der Waals surface area contributed by atoms with E-state index < -0.39 is 5.41 Å². The highest BCUT2D eigenvalue weighted by molar-refractivity contribution is 6.33. The molecule has 17 heavy (non-hydrogen) atoms. The second-order valence-corrected chi connectivity index (χ2v) is 4.73. The third kappa shape index (κ3) is 2.36. The summed E-state index contributed by atoms with van der Waals surface area (Å²) in [6, 6.07) is 5.12. The molecule has 1 saturated heterocycles. The predicted molar refractivity (Wildman–Crippen MR) is 63.5 cm³/mol. The second-order valence-electron chi connectivity index (χ2n) is 4.32. The molecule has 0 amide bonds. The van der Waals surface area contributed by atoms with Crippen LogP contribution in [0, 0.1) is 29.5 Å². The van der Waals surface area contributed by atoms with Crippen molar-refractivity contribution in [1.82, 2.24) is 0 Å². The SMILES string of the molecule is Cc1cc(Cl)c(NCC2(C#N)COC2)cc1F. The summed E-state index contributed by atoms with van der Waals surface area (Å²) in [5, 5.41) is 12.5. The Balaban J connectivity index is 2.09. The van der Waals surface area contributed by atoms with Crippen LogP contribution in [-0.4, -0.2) is 19.8 Å². The van der Waals surface area contributed by atoms with E-state index in [1.165, 1.54) is 6.07 Å². The van der Waals surface area contributed by atoms with Crippen LogP contribution in [0.5, 0.6) is 0 Å². The third-order valence-electron chi connectivity index (χ3n) is 2.86. The number of nitrogens with one attached hydrogen (secondary N) is 1. The summed E-state index contributed by atoms with van der Waals surface area (Å²) in [6.07, 6.45) is 0. The minimum absolute atomic E-state index is 0.312. The van der Waals surface area contributed by atoms with E-state index in [4.69, 9.17) is 21.6 Å². The fourth-order valence-electron chi connectivity index (χ4n) is 1.60. The number of anilines is 1. The lowest BCUT2D eigenvalue weighted by molar-refractivity contribution is -0.0690. The summed E-state index contributed by atoms with van der Waals surface area (Å²) in [5.41, 5.74) is 0.504. The van der Waals surface area contributed by atoms with Gasteiger partial charge in [0.25, 0.3) is 0 Å². The summed E-state index contributed by atoms with van der Waals surface area (Å²) >= 11 is 5.99. The van der Waals surface area contributed by atoms with Gasteiger partial charge in [0.1, 0.15) is 11.2 Å². The van der Waals surface area contributed by atoms with Crippen LogP contribution in [-0.2, 0) is 4.74 Å². The molecule has 0 spiro atoms. The van der Waals surface area contributed by atoms with Gasteiger partial charge in [-0.25, -0.2) is 4.39 Å². The molecule has 0 bridgehead atoms. The van der Waals surface area contributed by atoms with Crippen molar-refractivity contribution in [1.29, 1.82) is 5.26 Å². The summed E-state index contributed by atoms with van der Waals surface area (Å²) < 4.78 is 18.4. The van der Waals surface area contributed by atoms with Crippen LogP contribution < -0.4 is 5.32 Å². The van der Waals surface area contributed by atoms with Crippen LogP contribution in [0.15, 0.2) is 12.1 Å². The van der Waals surface area contributed by atoms with E-state index in [0.29, 0.717) is 36.0 Å². The lowest BCUT2D eigenvalue weighted by Gasteiger charge is -2.35. The van der Waals surface area contributed by atoms with E-state index in [2.05, 4.69) is 11.4 Å². The number of nitriles is 1. The molecular formula is C12H12ClFN2O. The molecule has 0 atom stereocenters. The molecule has 1 aliphatic heterocycles. The van der Waals surface area contributed by atoms with Crippen molar-refractivity contribution in [3.05, 3.63) is 28.5 Å². The quantitative estimate of drug-likeness (QED) is 0.902. The molecule has 1 heterocycles. The first-order chi connectivity index (χ1) is 8.06. The van der Waals surface area contributed by atoms with E-state index in [1.54, 1.807) is 13.0 Å². The Kier molecular flexibility index (Phi) is 3.23. The Labute approximate surface area is 104 Å². The smallest absolute Gasteiger partial charge is 0.128 e. The fraction of sp³-hybridized carbons (Fsp3) is 0.417. The molecule has 1 aromatic carbocycles. The van der Waals surface area contributed by atoms with Crippen LogP contribution in [0.1, 0.15) is 5.56 Å². The van der Waals surface area contributed by atoms with Crippen LogP contribution in [0.25, 0.3) is 0 Å². The van der Waals surface area contributed by atoms with Gasteiger partial charge in [-0.3, -0.25) is 0 Å². The lowest BCUT2D eigenvalue weighted by Crippen LogP contribution is -2.46. The fourth-order valence-corrected chi connectivity index (χ4v) is 1.89. The Morgan fingerprint density at radius 2 is 2.29 bits per heavy atom. The number of hydrogen-bond donors (Lipinski definition) is 1. The van der Waals surface area contributed by atoms with Gasteiger partial charge in [-0.2, -0.15) is 5.26 Å². The van der Waals surface area contributed by atoms with Crippen LogP contribution >= 0.6 is 11.6 Å². The second kappa shape index (κ2) is 4.52. The zero-order chi connectivity index (χ0) is 12.5. The van der Waals surface area contributed by atoms with Crippen LogP contribution in [0.2, 0.25) is 5.02 Å². The van der Waals surface area contributed by atoms with Gasteiger partial charge in [-0.15, -0.1) is 0 Å². The maximum atomic E-state index is 13.4. The van der Waals surface area contributed by atoms with Gasteiger partial charge in [-0.05, 0) is 24.6 Å². The highest BCUT2D eigenvalue weighted by atomic mass is 35.5. The first-order valence-corrected chi connectivity index (χ1v) is 5.63. The minimum atomic E-state index is -0.509. The molecule has 2 rings (SSSR count). The molecular weight excluding hydrogens is 243 g/mol. The first kappa shape index (κ1) is 12.2. The topological polar surface area (TPSA) is 45.0 Å². The van der Waals surface area contributed by atoms with Crippen molar-refractivity contribution >= 4 is 17.3 Å². The monoisotopic (exact) mass is 254 g/mol. The molecule has 0 unspecified atom stereocenters. The summed E-state index contributed by atoms with van der Waals surface area (Å²) in [5.74, 6) is -0.312. The molecule has 90 valence electrons. The van der Waals surface area contributed by atoms with Crippen molar-refractivity contribution in [3.63, 3.8) is 0 Å². The number of rotatable bonds is 3. The van der Waals surface area contributed by atoms with Gasteiger partial charge < -0.3 is 10.1 Å². The zero-order valence-electron chi connectivity index (χ0n) is 9.39. The Bertz CT molecular complexity index is 480. The molecule has 0 aliphatic carbocycles. The Morgan fingerprint density at radius 3 is 2.82 bits per heavy atom. The van der Waals surface area contributed by atoms with Crippen molar-refractivity contribution in [2.24, 2.45) is 5.41 Å². The lowest BCUT2D eigenvalue weighted by atomic mass is 9.88. The van der Waals surface area contributed by atoms with E-state index in [-0.39, 0.29) is 5.82 Å². The highest BCUT2D eigenvalue weighted by Crippen LogP contribution is 2.30. The average molecular weight is 255 g/mol. The van der Waals surface area contributed by atoms with Gasteiger partial charge in [0.15, 0.2) is 0 Å². The number of aryl methyl sites for hydroxylation is 1. The number of nitrogens with zero attached hydrogens (tertiary/aromatic N) is 1. The first-order valence-electron chi connectivity index (χ1n) is 5.25. The van der Waals surface area contributed by atoms with Crippen molar-refractivity contribution in [3.8, 4) is 6.07 Å². The maximum absolute atomic E-state index is 13.4. The maximum Gasteiger partial charge on any atom is 0.128 e. The van der Waals surface area contributed by atoms with Gasteiger partial charge in [0.05, 0.1) is 30.0 Å². The van der Waals surface area contributed by atoms with E-state index in [9.17, 15) is 4.39 Å². The number of halogens is 2. The molecule has 0 aromatic heterocycles. The van der Waals surface area contributed by atoms with Gasteiger partial charge >= 0.3 is 0 Å². The van der Waals surface area contributed by atoms with E-state index in [1.807, 2.05) is 0 Å². The molecule has 0 saturated carbocycles. The summed E-state index contributed by atoms with van der Waals surface area (Å²) in [6.45, 7) is 2.87. The summed E-state index contributed by atoms with van der Waals surface area (Å²) in [4.78, 5) is 0. The third-order valence-corrected chi connectivity index (χ3v) is 3.17. The van der Waals surface area contributed by atoms with Crippen LogP contribution in [0.4, 0.5) is 10.1 Å². The number of benzene rings is 1. The van der Waals surface area contributed by atoms with Crippen molar-refractivity contribution in [2.75, 3.05) is 25.1 Å². The molecule has 1 N–H and O–H groups in total. The standard InChI is InChI=1S/C12H12ClFN2O/c1-8-2-9(13)11(3-10(8)14)16-5-12(4-15)6-17-7-12/h2-3,16H,5-7H2,1H3. The molecule has 1 aliphatic rings. The Morgan fingerprint density at radius 1 is 1.59 bits per heavy atom.